The van der Waals surface area contributed by atoms with E-state index in [4.69, 9.17) is 0 Å². The molecule has 148 valence electrons. The predicted molar refractivity (Wildman–Crippen MR) is 127 cm³/mol. The van der Waals surface area contributed by atoms with Gasteiger partial charge in [-0.3, -0.25) is 0 Å². The van der Waals surface area contributed by atoms with Crippen LogP contribution in [0.15, 0.2) is 61.2 Å². The van der Waals surface area contributed by atoms with Gasteiger partial charge in [0.05, 0.1) is 0 Å². The summed E-state index contributed by atoms with van der Waals surface area (Å²) in [5.74, 6) is 0.529. The molecule has 0 bridgehead atoms. The molecule has 2 aromatic carbocycles. The molecule has 0 fully saturated rings. The van der Waals surface area contributed by atoms with Crippen LogP contribution in [0, 0.1) is 5.41 Å². The van der Waals surface area contributed by atoms with E-state index in [1.165, 1.54) is 23.1 Å². The normalized spacial score (nSPS) is 12.7. The van der Waals surface area contributed by atoms with Crippen molar-refractivity contribution in [1.29, 1.82) is 0 Å². The highest BCUT2D eigenvalue weighted by atomic mass is 32.2. The van der Waals surface area contributed by atoms with Gasteiger partial charge in [0.2, 0.25) is 0 Å². The SMILES string of the molecule is C=C(c1ccccc1)c1ccc(C(CC(C)(C)C)C(C)(C)SC)cc1.CC. The number of benzene rings is 2. The summed E-state index contributed by atoms with van der Waals surface area (Å²) >= 11 is 1.96. The molecule has 2 rings (SSSR count). The summed E-state index contributed by atoms with van der Waals surface area (Å²) in [5, 5.41) is 0. The molecule has 0 aromatic heterocycles. The lowest BCUT2D eigenvalue weighted by molar-refractivity contribution is 0.314. The van der Waals surface area contributed by atoms with E-state index in [2.05, 4.69) is 96.0 Å². The molecule has 0 aliphatic carbocycles. The molecule has 0 aliphatic rings. The van der Waals surface area contributed by atoms with Crippen LogP contribution in [0.25, 0.3) is 5.57 Å². The fraction of sp³-hybridized carbons (Fsp3) is 0.462. The molecule has 0 radical (unpaired) electrons. The van der Waals surface area contributed by atoms with Crippen molar-refractivity contribution in [2.75, 3.05) is 6.26 Å². The third-order valence-electron chi connectivity index (χ3n) is 4.97. The standard InChI is InChI=1S/C24H32S.C2H6/c1-18(19-11-9-8-10-12-19)20-13-15-21(16-14-20)22(17-23(2,3)4)24(5,6)25-7;1-2/h8-16,22H,1,17H2,2-7H3;1-2H3. The summed E-state index contributed by atoms with van der Waals surface area (Å²) in [6.07, 6.45) is 3.40. The minimum absolute atomic E-state index is 0.214. The number of thioether (sulfide) groups is 1. The zero-order valence-electron chi connectivity index (χ0n) is 18.6. The minimum Gasteiger partial charge on any atom is -0.159 e. The van der Waals surface area contributed by atoms with E-state index in [-0.39, 0.29) is 4.75 Å². The van der Waals surface area contributed by atoms with E-state index >= 15 is 0 Å². The van der Waals surface area contributed by atoms with Crippen molar-refractivity contribution in [2.24, 2.45) is 5.41 Å². The molecule has 0 heterocycles. The van der Waals surface area contributed by atoms with E-state index in [0.717, 1.165) is 5.57 Å². The quantitative estimate of drug-likeness (QED) is 0.483. The first-order chi connectivity index (χ1) is 12.6. The molecular formula is C26H38S. The van der Waals surface area contributed by atoms with Crippen molar-refractivity contribution in [2.45, 2.75) is 65.6 Å². The Kier molecular flexibility index (Phi) is 8.88. The van der Waals surface area contributed by atoms with Gasteiger partial charge in [0.25, 0.3) is 0 Å². The molecule has 27 heavy (non-hydrogen) atoms. The Labute approximate surface area is 172 Å². The molecule has 2 aromatic rings. The lowest BCUT2D eigenvalue weighted by Crippen LogP contribution is -2.29. The number of rotatable bonds is 6. The number of hydrogen-bond donors (Lipinski definition) is 0. The summed E-state index contributed by atoms with van der Waals surface area (Å²) in [4.78, 5) is 0. The smallest absolute Gasteiger partial charge is 0.0169 e. The second kappa shape index (κ2) is 10.2. The highest BCUT2D eigenvalue weighted by molar-refractivity contribution is 8.00. The average molecular weight is 383 g/mol. The average Bonchev–Trinajstić information content (AvgIpc) is 2.67. The molecule has 0 spiro atoms. The van der Waals surface area contributed by atoms with Crippen LogP contribution >= 0.6 is 11.8 Å². The van der Waals surface area contributed by atoms with Crippen LogP contribution in [0.1, 0.15) is 77.5 Å². The molecule has 0 saturated heterocycles. The van der Waals surface area contributed by atoms with E-state index in [0.29, 0.717) is 11.3 Å². The van der Waals surface area contributed by atoms with Crippen LogP contribution in [0.3, 0.4) is 0 Å². The summed E-state index contributed by atoms with van der Waals surface area (Å²) in [6.45, 7) is 20.0. The third-order valence-corrected chi connectivity index (χ3v) is 6.30. The van der Waals surface area contributed by atoms with Crippen LogP contribution < -0.4 is 0 Å². The van der Waals surface area contributed by atoms with Crippen molar-refractivity contribution in [3.8, 4) is 0 Å². The largest absolute Gasteiger partial charge is 0.159 e. The molecule has 1 heteroatoms. The van der Waals surface area contributed by atoms with Gasteiger partial charge in [-0.25, -0.2) is 0 Å². The van der Waals surface area contributed by atoms with Crippen molar-refractivity contribution in [3.63, 3.8) is 0 Å². The first-order valence-corrected chi connectivity index (χ1v) is 11.3. The lowest BCUT2D eigenvalue weighted by atomic mass is 9.75. The molecule has 1 unspecified atom stereocenters. The van der Waals surface area contributed by atoms with Crippen molar-refractivity contribution in [1.82, 2.24) is 0 Å². The Morgan fingerprint density at radius 1 is 0.852 bits per heavy atom. The highest BCUT2D eigenvalue weighted by Crippen LogP contribution is 2.44. The van der Waals surface area contributed by atoms with Crippen LogP contribution in [-0.4, -0.2) is 11.0 Å². The van der Waals surface area contributed by atoms with Crippen molar-refractivity contribution in [3.05, 3.63) is 77.9 Å². The predicted octanol–water partition coefficient (Wildman–Crippen LogP) is 8.44. The second-order valence-corrected chi connectivity index (χ2v) is 10.1. The molecule has 0 nitrogen and oxygen atoms in total. The van der Waals surface area contributed by atoms with E-state index < -0.39 is 0 Å². The van der Waals surface area contributed by atoms with Crippen LogP contribution in [0.2, 0.25) is 0 Å². The van der Waals surface area contributed by atoms with E-state index in [9.17, 15) is 0 Å². The maximum atomic E-state index is 4.29. The van der Waals surface area contributed by atoms with Gasteiger partial charge in [-0.1, -0.05) is 110 Å². The molecular weight excluding hydrogens is 344 g/mol. The monoisotopic (exact) mass is 382 g/mol. The second-order valence-electron chi connectivity index (χ2n) is 8.59. The van der Waals surface area contributed by atoms with Gasteiger partial charge in [-0.15, -0.1) is 0 Å². The summed E-state index contributed by atoms with van der Waals surface area (Å²) in [7, 11) is 0. The molecule has 0 amide bonds. The minimum atomic E-state index is 0.214. The zero-order chi connectivity index (χ0) is 20.7. The summed E-state index contributed by atoms with van der Waals surface area (Å²) < 4.78 is 0.214. The van der Waals surface area contributed by atoms with Crippen molar-refractivity contribution < 1.29 is 0 Å². The maximum absolute atomic E-state index is 4.29. The zero-order valence-corrected chi connectivity index (χ0v) is 19.4. The van der Waals surface area contributed by atoms with Crippen LogP contribution in [-0.2, 0) is 0 Å². The first kappa shape index (κ1) is 23.6. The molecule has 0 aliphatic heterocycles. The Balaban J connectivity index is 0.00000176. The number of hydrogen-bond acceptors (Lipinski definition) is 1. The Hall–Kier alpha value is -1.47. The van der Waals surface area contributed by atoms with Gasteiger partial charge in [-0.2, -0.15) is 11.8 Å². The van der Waals surface area contributed by atoms with Gasteiger partial charge >= 0.3 is 0 Å². The van der Waals surface area contributed by atoms with Gasteiger partial charge in [-0.05, 0) is 46.3 Å². The van der Waals surface area contributed by atoms with Gasteiger partial charge in [0, 0.05) is 4.75 Å². The summed E-state index contributed by atoms with van der Waals surface area (Å²) in [6, 6.07) is 19.5. The van der Waals surface area contributed by atoms with Crippen LogP contribution in [0.5, 0.6) is 0 Å². The summed E-state index contributed by atoms with van der Waals surface area (Å²) in [5.41, 5.74) is 5.21. The Bertz CT molecular complexity index is 687. The van der Waals surface area contributed by atoms with Gasteiger partial charge in [0.1, 0.15) is 0 Å². The molecule has 0 N–H and O–H groups in total. The fourth-order valence-corrected chi connectivity index (χ4v) is 3.75. The first-order valence-electron chi connectivity index (χ1n) is 10.0. The topological polar surface area (TPSA) is 0 Å². The molecule has 1 atom stereocenters. The Morgan fingerprint density at radius 2 is 1.33 bits per heavy atom. The molecule has 0 saturated carbocycles. The van der Waals surface area contributed by atoms with Crippen LogP contribution in [0.4, 0.5) is 0 Å². The van der Waals surface area contributed by atoms with Crippen molar-refractivity contribution >= 4 is 17.3 Å². The van der Waals surface area contributed by atoms with Gasteiger partial charge < -0.3 is 0 Å². The van der Waals surface area contributed by atoms with E-state index in [1.807, 2.05) is 31.7 Å². The van der Waals surface area contributed by atoms with Gasteiger partial charge in [0.15, 0.2) is 0 Å². The highest BCUT2D eigenvalue weighted by Gasteiger charge is 2.33. The maximum Gasteiger partial charge on any atom is 0.0169 e. The fourth-order valence-electron chi connectivity index (χ4n) is 3.24. The van der Waals surface area contributed by atoms with E-state index in [1.54, 1.807) is 0 Å². The third kappa shape index (κ3) is 6.88. The Morgan fingerprint density at radius 3 is 1.78 bits per heavy atom. The lowest BCUT2D eigenvalue weighted by Gasteiger charge is -2.37.